The molecule has 0 saturated carbocycles. The summed E-state index contributed by atoms with van der Waals surface area (Å²) in [4.78, 5) is 21.2. The van der Waals surface area contributed by atoms with Crippen molar-refractivity contribution in [1.82, 2.24) is 14.8 Å². The van der Waals surface area contributed by atoms with Crippen molar-refractivity contribution < 1.29 is 4.79 Å². The number of aromatic nitrogens is 1. The minimum Gasteiger partial charge on any atom is -0.361 e. The molecule has 0 radical (unpaired) electrons. The molecule has 31 heavy (non-hydrogen) atoms. The van der Waals surface area contributed by atoms with E-state index in [4.69, 9.17) is 0 Å². The summed E-state index contributed by atoms with van der Waals surface area (Å²) in [6.45, 7) is 5.73. The van der Waals surface area contributed by atoms with Crippen LogP contribution in [0.5, 0.6) is 0 Å². The highest BCUT2D eigenvalue weighted by atomic mass is 16.2. The first-order valence-corrected chi connectivity index (χ1v) is 11.9. The molecule has 2 heterocycles. The van der Waals surface area contributed by atoms with E-state index in [1.54, 1.807) is 0 Å². The molecule has 0 spiro atoms. The van der Waals surface area contributed by atoms with E-state index in [0.29, 0.717) is 13.0 Å². The molecule has 1 fully saturated rings. The van der Waals surface area contributed by atoms with Gasteiger partial charge in [0.2, 0.25) is 5.91 Å². The average molecular weight is 418 g/mol. The van der Waals surface area contributed by atoms with Crippen molar-refractivity contribution in [2.75, 3.05) is 19.6 Å². The summed E-state index contributed by atoms with van der Waals surface area (Å²) in [6, 6.07) is 19.6. The number of hydrogen-bond donors (Lipinski definition) is 1. The van der Waals surface area contributed by atoms with Gasteiger partial charge in [0, 0.05) is 31.2 Å². The first-order chi connectivity index (χ1) is 15.2. The number of carbonyl (C=O) groups is 1. The zero-order valence-corrected chi connectivity index (χ0v) is 18.7. The van der Waals surface area contributed by atoms with Gasteiger partial charge in [0.15, 0.2) is 0 Å². The quantitative estimate of drug-likeness (QED) is 0.494. The molecule has 4 nitrogen and oxygen atoms in total. The number of nitrogens with zero attached hydrogens (tertiary/aromatic N) is 2. The molecule has 4 heteroatoms. The molecule has 0 bridgehead atoms. The van der Waals surface area contributed by atoms with Gasteiger partial charge in [0.1, 0.15) is 0 Å². The van der Waals surface area contributed by atoms with Crippen LogP contribution in [0.3, 0.4) is 0 Å². The van der Waals surface area contributed by atoms with E-state index < -0.39 is 0 Å². The minimum atomic E-state index is 0.246. The lowest BCUT2D eigenvalue weighted by Crippen LogP contribution is -2.41. The number of nitrogens with one attached hydrogen (secondary N) is 1. The summed E-state index contributed by atoms with van der Waals surface area (Å²) < 4.78 is 0. The second kappa shape index (κ2) is 10.6. The van der Waals surface area contributed by atoms with Gasteiger partial charge in [-0.1, -0.05) is 56.2 Å². The highest BCUT2D eigenvalue weighted by Gasteiger charge is 2.26. The third kappa shape index (κ3) is 5.56. The molecule has 1 aliphatic rings. The Kier molecular flexibility index (Phi) is 7.42. The van der Waals surface area contributed by atoms with Crippen molar-refractivity contribution in [3.63, 3.8) is 0 Å². The van der Waals surface area contributed by atoms with Crippen LogP contribution in [0, 0.1) is 0 Å². The maximum atomic E-state index is 13.2. The van der Waals surface area contributed by atoms with Crippen LogP contribution in [0.15, 0.2) is 60.8 Å². The van der Waals surface area contributed by atoms with E-state index in [-0.39, 0.29) is 11.9 Å². The third-order valence-electron chi connectivity index (χ3n) is 6.47. The molecule has 164 valence electrons. The van der Waals surface area contributed by atoms with Gasteiger partial charge in [-0.3, -0.25) is 9.69 Å². The number of carbonyl (C=O) groups excluding carboxylic acids is 1. The maximum absolute atomic E-state index is 13.2. The Labute approximate surface area is 186 Å². The van der Waals surface area contributed by atoms with Crippen molar-refractivity contribution >= 4 is 16.8 Å². The Morgan fingerprint density at radius 1 is 1.03 bits per heavy atom. The largest absolute Gasteiger partial charge is 0.361 e. The summed E-state index contributed by atoms with van der Waals surface area (Å²) in [5.74, 6) is 0.257. The lowest BCUT2D eigenvalue weighted by Gasteiger charge is -2.35. The molecule has 0 aliphatic carbocycles. The summed E-state index contributed by atoms with van der Waals surface area (Å²) in [5, 5.41) is 1.20. The number of benzene rings is 2. The predicted molar refractivity (Wildman–Crippen MR) is 128 cm³/mol. The Bertz CT molecular complexity index is 957. The monoisotopic (exact) mass is 417 g/mol. The SMILES string of the molecule is CCCC(=O)N(Cc1ccc2[nH]ccc2c1)CC(c1ccccc1)N1CCCCCC1. The average Bonchev–Trinajstić information content (AvgIpc) is 3.10. The molecule has 1 saturated heterocycles. The van der Waals surface area contributed by atoms with Gasteiger partial charge in [0.05, 0.1) is 6.04 Å². The summed E-state index contributed by atoms with van der Waals surface area (Å²) in [6.07, 6.45) is 8.58. The van der Waals surface area contributed by atoms with Crippen molar-refractivity contribution in [3.05, 3.63) is 71.9 Å². The fourth-order valence-corrected chi connectivity index (χ4v) is 4.77. The van der Waals surface area contributed by atoms with Gasteiger partial charge < -0.3 is 9.88 Å². The maximum Gasteiger partial charge on any atom is 0.222 e. The van der Waals surface area contributed by atoms with Gasteiger partial charge >= 0.3 is 0 Å². The van der Waals surface area contributed by atoms with Crippen molar-refractivity contribution in [1.29, 1.82) is 0 Å². The molecule has 2 aromatic carbocycles. The summed E-state index contributed by atoms with van der Waals surface area (Å²) in [7, 11) is 0. The topological polar surface area (TPSA) is 39.3 Å². The molecule has 4 rings (SSSR count). The van der Waals surface area contributed by atoms with E-state index in [9.17, 15) is 4.79 Å². The number of hydrogen-bond acceptors (Lipinski definition) is 2. The highest BCUT2D eigenvalue weighted by Crippen LogP contribution is 2.27. The second-order valence-corrected chi connectivity index (χ2v) is 8.80. The van der Waals surface area contributed by atoms with Crippen LogP contribution in [0.1, 0.15) is 62.6 Å². The minimum absolute atomic E-state index is 0.246. The predicted octanol–water partition coefficient (Wildman–Crippen LogP) is 5.91. The molecule has 1 aliphatic heterocycles. The van der Waals surface area contributed by atoms with Gasteiger partial charge in [-0.15, -0.1) is 0 Å². The third-order valence-corrected chi connectivity index (χ3v) is 6.47. The Hall–Kier alpha value is -2.59. The lowest BCUT2D eigenvalue weighted by molar-refractivity contribution is -0.132. The van der Waals surface area contributed by atoms with Crippen LogP contribution in [-0.4, -0.2) is 40.3 Å². The van der Waals surface area contributed by atoms with Crippen LogP contribution in [0.25, 0.3) is 10.9 Å². The van der Waals surface area contributed by atoms with Crippen LogP contribution < -0.4 is 0 Å². The number of rotatable bonds is 8. The number of fused-ring (bicyclic) bond motifs is 1. The van der Waals surface area contributed by atoms with Crippen molar-refractivity contribution in [2.24, 2.45) is 0 Å². The molecule has 3 aromatic rings. The van der Waals surface area contributed by atoms with Gasteiger partial charge in [-0.2, -0.15) is 0 Å². The number of amides is 1. The zero-order valence-electron chi connectivity index (χ0n) is 18.7. The number of likely N-dealkylation sites (tertiary alicyclic amines) is 1. The molecule has 1 N–H and O–H groups in total. The van der Waals surface area contributed by atoms with E-state index in [2.05, 4.69) is 76.3 Å². The molecule has 1 unspecified atom stereocenters. The molecule has 1 atom stereocenters. The number of H-pyrrole nitrogens is 1. The summed E-state index contributed by atoms with van der Waals surface area (Å²) in [5.41, 5.74) is 3.65. The Morgan fingerprint density at radius 2 is 1.81 bits per heavy atom. The smallest absolute Gasteiger partial charge is 0.222 e. The first kappa shape index (κ1) is 21.6. The molecule has 1 amide bonds. The fourth-order valence-electron chi connectivity index (χ4n) is 4.77. The standard InChI is InChI=1S/C27H35N3O/c1-2-10-27(31)30(20-22-13-14-25-24(19-22)15-16-28-25)21-26(23-11-6-5-7-12-23)29-17-8-3-4-9-18-29/h5-7,11-16,19,26,28H,2-4,8-10,17-18,20-21H2,1H3. The normalized spacial score (nSPS) is 16.2. The van der Waals surface area contributed by atoms with E-state index in [0.717, 1.165) is 31.6 Å². The molecular weight excluding hydrogens is 382 g/mol. The highest BCUT2D eigenvalue weighted by molar-refractivity contribution is 5.80. The Morgan fingerprint density at radius 3 is 2.55 bits per heavy atom. The van der Waals surface area contributed by atoms with Crippen LogP contribution in [0.2, 0.25) is 0 Å². The van der Waals surface area contributed by atoms with Crippen molar-refractivity contribution in [2.45, 2.75) is 58.0 Å². The molecule has 1 aromatic heterocycles. The van der Waals surface area contributed by atoms with Crippen LogP contribution in [0.4, 0.5) is 0 Å². The summed E-state index contributed by atoms with van der Waals surface area (Å²) >= 11 is 0. The molecular formula is C27H35N3O. The van der Waals surface area contributed by atoms with E-state index in [1.165, 1.54) is 42.2 Å². The second-order valence-electron chi connectivity index (χ2n) is 8.80. The van der Waals surface area contributed by atoms with Gasteiger partial charge in [-0.05, 0) is 67.1 Å². The van der Waals surface area contributed by atoms with Crippen LogP contribution in [-0.2, 0) is 11.3 Å². The first-order valence-electron chi connectivity index (χ1n) is 11.9. The van der Waals surface area contributed by atoms with E-state index >= 15 is 0 Å². The number of aromatic amines is 1. The van der Waals surface area contributed by atoms with Crippen molar-refractivity contribution in [3.8, 4) is 0 Å². The van der Waals surface area contributed by atoms with Crippen LogP contribution >= 0.6 is 0 Å². The zero-order chi connectivity index (χ0) is 21.5. The lowest BCUT2D eigenvalue weighted by atomic mass is 10.0. The van der Waals surface area contributed by atoms with E-state index in [1.807, 2.05) is 6.20 Å². The van der Waals surface area contributed by atoms with Gasteiger partial charge in [0.25, 0.3) is 0 Å². The van der Waals surface area contributed by atoms with Gasteiger partial charge in [-0.25, -0.2) is 0 Å². The fraction of sp³-hybridized carbons (Fsp3) is 0.444. The Balaban J connectivity index is 1.60.